The molecule has 1 amide bonds. The summed E-state index contributed by atoms with van der Waals surface area (Å²) in [4.78, 5) is 12.3. The molecule has 10 heteroatoms. The topological polar surface area (TPSA) is 84.5 Å². The van der Waals surface area contributed by atoms with E-state index in [1.165, 1.54) is 55.6 Å². The molecule has 1 unspecified atom stereocenters. The lowest BCUT2D eigenvalue weighted by atomic mass is 10.1. The van der Waals surface area contributed by atoms with Gasteiger partial charge in [-0.25, -0.2) is 8.42 Å². The van der Waals surface area contributed by atoms with Crippen molar-refractivity contribution in [2.24, 2.45) is 0 Å². The molecule has 32 heavy (non-hydrogen) atoms. The molecule has 0 spiro atoms. The Hall–Kier alpha value is -3.53. The number of amides is 1. The van der Waals surface area contributed by atoms with Gasteiger partial charge in [-0.15, -0.1) is 0 Å². The minimum atomic E-state index is -4.74. The third-order valence-electron chi connectivity index (χ3n) is 4.49. The molecule has 0 aliphatic rings. The van der Waals surface area contributed by atoms with E-state index in [0.717, 1.165) is 6.07 Å². The van der Waals surface area contributed by atoms with Gasteiger partial charge in [0.15, 0.2) is 6.04 Å². The SMILES string of the molecule is COc1ccccc1NS(=O)(=O)c1cccc(C(=O)NC(c2ccccc2)C(F)(F)F)c1. The summed E-state index contributed by atoms with van der Waals surface area (Å²) in [6.07, 6.45) is -4.74. The smallest absolute Gasteiger partial charge is 0.412 e. The molecule has 0 aliphatic carbocycles. The Bertz CT molecular complexity index is 1200. The van der Waals surface area contributed by atoms with Crippen LogP contribution in [0.2, 0.25) is 0 Å². The number of alkyl halides is 3. The van der Waals surface area contributed by atoms with Crippen LogP contribution in [0.1, 0.15) is 22.0 Å². The first kappa shape index (κ1) is 23.1. The number of methoxy groups -OCH3 is 1. The first-order valence-electron chi connectivity index (χ1n) is 9.30. The number of rotatable bonds is 7. The van der Waals surface area contributed by atoms with E-state index in [0.29, 0.717) is 0 Å². The van der Waals surface area contributed by atoms with Gasteiger partial charge in [-0.1, -0.05) is 48.5 Å². The van der Waals surface area contributed by atoms with Gasteiger partial charge in [0.05, 0.1) is 17.7 Å². The summed E-state index contributed by atoms with van der Waals surface area (Å²) in [5.41, 5.74) is -0.209. The Morgan fingerprint density at radius 3 is 2.25 bits per heavy atom. The van der Waals surface area contributed by atoms with Gasteiger partial charge < -0.3 is 10.1 Å². The van der Waals surface area contributed by atoms with Crippen LogP contribution < -0.4 is 14.8 Å². The number of halogens is 3. The first-order chi connectivity index (χ1) is 15.1. The molecule has 168 valence electrons. The van der Waals surface area contributed by atoms with Crippen LogP contribution in [0.15, 0.2) is 83.8 Å². The minimum absolute atomic E-state index is 0.144. The van der Waals surface area contributed by atoms with Crippen molar-refractivity contribution in [1.82, 2.24) is 5.32 Å². The molecule has 3 aromatic carbocycles. The highest BCUT2D eigenvalue weighted by atomic mass is 32.2. The van der Waals surface area contributed by atoms with E-state index in [2.05, 4.69) is 4.72 Å². The van der Waals surface area contributed by atoms with Gasteiger partial charge in [0, 0.05) is 5.56 Å². The van der Waals surface area contributed by atoms with E-state index in [1.54, 1.807) is 24.3 Å². The van der Waals surface area contributed by atoms with Gasteiger partial charge in [-0.2, -0.15) is 13.2 Å². The average molecular weight is 464 g/mol. The third kappa shape index (κ3) is 5.38. The molecule has 0 saturated heterocycles. The van der Waals surface area contributed by atoms with Crippen molar-refractivity contribution >= 4 is 21.6 Å². The highest BCUT2D eigenvalue weighted by Crippen LogP contribution is 2.33. The minimum Gasteiger partial charge on any atom is -0.495 e. The van der Waals surface area contributed by atoms with Crippen molar-refractivity contribution in [1.29, 1.82) is 0 Å². The second kappa shape index (κ2) is 9.31. The van der Waals surface area contributed by atoms with Crippen molar-refractivity contribution < 1.29 is 31.1 Å². The lowest BCUT2D eigenvalue weighted by molar-refractivity contribution is -0.155. The largest absolute Gasteiger partial charge is 0.495 e. The molecule has 0 fully saturated rings. The number of hydrogen-bond donors (Lipinski definition) is 2. The van der Waals surface area contributed by atoms with Gasteiger partial charge >= 0.3 is 6.18 Å². The number of benzene rings is 3. The molecule has 0 aromatic heterocycles. The van der Waals surface area contributed by atoms with Crippen molar-refractivity contribution in [2.45, 2.75) is 17.1 Å². The van der Waals surface area contributed by atoms with Crippen LogP contribution in [0.5, 0.6) is 5.75 Å². The number of ether oxygens (including phenoxy) is 1. The maximum absolute atomic E-state index is 13.5. The molecule has 1 atom stereocenters. The van der Waals surface area contributed by atoms with Crippen LogP contribution >= 0.6 is 0 Å². The van der Waals surface area contributed by atoms with Crippen molar-refractivity contribution in [3.8, 4) is 5.75 Å². The number of carbonyl (C=O) groups excluding carboxylic acids is 1. The number of anilines is 1. The molecular weight excluding hydrogens is 445 g/mol. The van der Waals surface area contributed by atoms with Gasteiger partial charge in [0.1, 0.15) is 5.75 Å². The van der Waals surface area contributed by atoms with Crippen LogP contribution in [0.3, 0.4) is 0 Å². The molecular formula is C22H19F3N2O4S. The molecule has 3 rings (SSSR count). The molecule has 0 aliphatic heterocycles. The Balaban J connectivity index is 1.87. The molecule has 2 N–H and O–H groups in total. The Kier molecular flexibility index (Phi) is 6.73. The summed E-state index contributed by atoms with van der Waals surface area (Å²) in [5, 5.41) is 1.94. The number of nitrogens with one attached hydrogen (secondary N) is 2. The number of sulfonamides is 1. The van der Waals surface area contributed by atoms with E-state index in [9.17, 15) is 26.4 Å². The van der Waals surface area contributed by atoms with Crippen molar-refractivity contribution in [3.63, 3.8) is 0 Å². The summed E-state index contributed by atoms with van der Waals surface area (Å²) in [6, 6.07) is 15.7. The second-order valence-corrected chi connectivity index (χ2v) is 8.37. The maximum atomic E-state index is 13.5. The zero-order valence-electron chi connectivity index (χ0n) is 16.8. The molecule has 0 bridgehead atoms. The van der Waals surface area contributed by atoms with E-state index >= 15 is 0 Å². The summed E-state index contributed by atoms with van der Waals surface area (Å²) in [7, 11) is -2.77. The highest BCUT2D eigenvalue weighted by molar-refractivity contribution is 7.92. The van der Waals surface area contributed by atoms with Crippen LogP contribution in [-0.4, -0.2) is 27.6 Å². The zero-order chi connectivity index (χ0) is 23.4. The van der Waals surface area contributed by atoms with Gasteiger partial charge in [-0.05, 0) is 35.9 Å². The molecule has 6 nitrogen and oxygen atoms in total. The predicted octanol–water partition coefficient (Wildman–Crippen LogP) is 4.53. The zero-order valence-corrected chi connectivity index (χ0v) is 17.6. The Morgan fingerprint density at radius 1 is 0.938 bits per heavy atom. The molecule has 0 heterocycles. The highest BCUT2D eigenvalue weighted by Gasteiger charge is 2.42. The lowest BCUT2D eigenvalue weighted by Gasteiger charge is -2.22. The lowest BCUT2D eigenvalue weighted by Crippen LogP contribution is -2.38. The first-order valence-corrected chi connectivity index (χ1v) is 10.8. The van der Waals surface area contributed by atoms with E-state index in [4.69, 9.17) is 4.74 Å². The summed E-state index contributed by atoms with van der Waals surface area (Å²) in [6.45, 7) is 0. The van der Waals surface area contributed by atoms with Crippen LogP contribution in [0.25, 0.3) is 0 Å². The quantitative estimate of drug-likeness (QED) is 0.538. The van der Waals surface area contributed by atoms with Gasteiger partial charge in [0.2, 0.25) is 0 Å². The maximum Gasteiger partial charge on any atom is 0.412 e. The number of carbonyl (C=O) groups is 1. The fourth-order valence-corrected chi connectivity index (χ4v) is 4.07. The summed E-state index contributed by atoms with van der Waals surface area (Å²) >= 11 is 0. The predicted molar refractivity (Wildman–Crippen MR) is 113 cm³/mol. The Labute approximate surface area is 183 Å². The molecule has 3 aromatic rings. The number of para-hydroxylation sites is 2. The average Bonchev–Trinajstić information content (AvgIpc) is 2.77. The van der Waals surface area contributed by atoms with Crippen LogP contribution in [0, 0.1) is 0 Å². The van der Waals surface area contributed by atoms with Crippen molar-refractivity contribution in [2.75, 3.05) is 11.8 Å². The fraction of sp³-hybridized carbons (Fsp3) is 0.136. The molecule has 0 radical (unpaired) electrons. The monoisotopic (exact) mass is 464 g/mol. The second-order valence-electron chi connectivity index (χ2n) is 6.69. The number of hydrogen-bond acceptors (Lipinski definition) is 4. The standard InChI is InChI=1S/C22H19F3N2O4S/c1-31-19-13-6-5-12-18(19)27-32(29,30)17-11-7-10-16(14-17)21(28)26-20(22(23,24)25)15-8-3-2-4-9-15/h2-14,20,27H,1H3,(H,26,28). The molecule has 0 saturated carbocycles. The summed E-state index contributed by atoms with van der Waals surface area (Å²) < 4.78 is 73.6. The normalized spacial score (nSPS) is 12.6. The van der Waals surface area contributed by atoms with Gasteiger partial charge in [0.25, 0.3) is 15.9 Å². The van der Waals surface area contributed by atoms with Crippen molar-refractivity contribution in [3.05, 3.63) is 90.0 Å². The summed E-state index contributed by atoms with van der Waals surface area (Å²) in [5.74, 6) is -0.786. The van der Waals surface area contributed by atoms with Crippen LogP contribution in [0.4, 0.5) is 18.9 Å². The fourth-order valence-electron chi connectivity index (χ4n) is 2.95. The van der Waals surface area contributed by atoms with E-state index < -0.39 is 28.1 Å². The van der Waals surface area contributed by atoms with E-state index in [-0.39, 0.29) is 27.5 Å². The third-order valence-corrected chi connectivity index (χ3v) is 5.86. The van der Waals surface area contributed by atoms with Crippen LogP contribution in [-0.2, 0) is 10.0 Å². The Morgan fingerprint density at radius 2 is 1.59 bits per heavy atom. The van der Waals surface area contributed by atoms with Gasteiger partial charge in [-0.3, -0.25) is 9.52 Å². The van der Waals surface area contributed by atoms with E-state index in [1.807, 2.05) is 5.32 Å².